The van der Waals surface area contributed by atoms with E-state index in [1.54, 1.807) is 19.2 Å². The van der Waals surface area contributed by atoms with Crippen molar-refractivity contribution in [2.45, 2.75) is 19.4 Å². The number of nitro groups is 1. The number of benzene rings is 1. The van der Waals surface area contributed by atoms with Crippen LogP contribution < -0.4 is 5.32 Å². The first kappa shape index (κ1) is 18.9. The van der Waals surface area contributed by atoms with Crippen molar-refractivity contribution in [1.82, 2.24) is 10.2 Å². The highest BCUT2D eigenvalue weighted by molar-refractivity contribution is 14.0. The van der Waals surface area contributed by atoms with E-state index in [4.69, 9.17) is 4.74 Å². The Kier molecular flexibility index (Phi) is 6.39. The van der Waals surface area contributed by atoms with Gasteiger partial charge in [-0.1, -0.05) is 12.1 Å². The molecular weight excluding hydrogens is 423 g/mol. The van der Waals surface area contributed by atoms with Gasteiger partial charge in [-0.3, -0.25) is 15.1 Å². The van der Waals surface area contributed by atoms with E-state index < -0.39 is 0 Å². The lowest BCUT2D eigenvalue weighted by atomic mass is 9.87. The molecule has 2 heterocycles. The van der Waals surface area contributed by atoms with Crippen LogP contribution in [0.25, 0.3) is 0 Å². The van der Waals surface area contributed by atoms with E-state index in [0.29, 0.717) is 12.0 Å². The van der Waals surface area contributed by atoms with Gasteiger partial charge in [0, 0.05) is 50.8 Å². The molecule has 8 heteroatoms. The van der Waals surface area contributed by atoms with Crippen molar-refractivity contribution in [3.63, 3.8) is 0 Å². The molecule has 0 radical (unpaired) electrons. The second kappa shape index (κ2) is 8.11. The quantitative estimate of drug-likeness (QED) is 0.254. The Morgan fingerprint density at radius 2 is 2.17 bits per heavy atom. The van der Waals surface area contributed by atoms with E-state index in [1.807, 2.05) is 0 Å². The SMILES string of the molecule is CN=C(NCc1ccc([N+](=O)[O-])cc1)N1CCC2(CCOC2)C1.I. The lowest BCUT2D eigenvalue weighted by molar-refractivity contribution is -0.384. The Bertz CT molecular complexity index is 600. The lowest BCUT2D eigenvalue weighted by Gasteiger charge is -2.25. The van der Waals surface area contributed by atoms with Crippen molar-refractivity contribution >= 4 is 35.6 Å². The molecule has 0 bridgehead atoms. The maximum absolute atomic E-state index is 10.7. The number of non-ortho nitro benzene ring substituents is 1. The van der Waals surface area contributed by atoms with Crippen LogP contribution in [0.15, 0.2) is 29.3 Å². The van der Waals surface area contributed by atoms with Gasteiger partial charge in [-0.25, -0.2) is 0 Å². The average Bonchev–Trinajstić information content (AvgIpc) is 3.19. The van der Waals surface area contributed by atoms with E-state index >= 15 is 0 Å². The smallest absolute Gasteiger partial charge is 0.269 e. The average molecular weight is 446 g/mol. The summed E-state index contributed by atoms with van der Waals surface area (Å²) in [7, 11) is 1.79. The largest absolute Gasteiger partial charge is 0.381 e. The summed E-state index contributed by atoms with van der Waals surface area (Å²) >= 11 is 0. The molecule has 24 heavy (non-hydrogen) atoms. The van der Waals surface area contributed by atoms with Crippen molar-refractivity contribution < 1.29 is 9.66 Å². The first-order valence-electron chi connectivity index (χ1n) is 7.89. The predicted octanol–water partition coefficient (Wildman–Crippen LogP) is 2.40. The Morgan fingerprint density at radius 1 is 1.42 bits per heavy atom. The minimum absolute atomic E-state index is 0. The topological polar surface area (TPSA) is 80.0 Å². The molecule has 1 spiro atoms. The van der Waals surface area contributed by atoms with Crippen LogP contribution in [0.4, 0.5) is 5.69 Å². The fourth-order valence-electron chi connectivity index (χ4n) is 3.34. The zero-order valence-corrected chi connectivity index (χ0v) is 16.1. The Labute approximate surface area is 158 Å². The standard InChI is InChI=1S/C16H22N4O3.HI/c1-17-15(19-8-6-16(11-19)7-9-23-12-16)18-10-13-2-4-14(5-3-13)20(21)22;/h2-5H,6-12H2,1H3,(H,17,18);1H. The van der Waals surface area contributed by atoms with E-state index in [9.17, 15) is 10.1 Å². The predicted molar refractivity (Wildman–Crippen MR) is 103 cm³/mol. The molecule has 7 nitrogen and oxygen atoms in total. The van der Waals surface area contributed by atoms with Gasteiger partial charge in [0.2, 0.25) is 0 Å². The second-order valence-corrected chi connectivity index (χ2v) is 6.30. The Hall–Kier alpha value is -1.42. The molecule has 2 saturated heterocycles. The third-order valence-corrected chi connectivity index (χ3v) is 4.73. The maximum atomic E-state index is 10.7. The second-order valence-electron chi connectivity index (χ2n) is 6.30. The van der Waals surface area contributed by atoms with Crippen molar-refractivity contribution in [1.29, 1.82) is 0 Å². The highest BCUT2D eigenvalue weighted by atomic mass is 127. The van der Waals surface area contributed by atoms with Crippen LogP contribution in [0.5, 0.6) is 0 Å². The minimum atomic E-state index is -0.385. The third-order valence-electron chi connectivity index (χ3n) is 4.73. The number of hydrogen-bond donors (Lipinski definition) is 1. The molecule has 1 aromatic rings. The first-order chi connectivity index (χ1) is 11.1. The normalized spacial score (nSPS) is 23.4. The van der Waals surface area contributed by atoms with Crippen molar-refractivity contribution in [2.75, 3.05) is 33.4 Å². The molecule has 0 aliphatic carbocycles. The van der Waals surface area contributed by atoms with Crippen LogP contribution in [0, 0.1) is 15.5 Å². The highest BCUT2D eigenvalue weighted by Crippen LogP contribution is 2.38. The number of aliphatic imine (C=N–C) groups is 1. The molecular formula is C16H23IN4O3. The summed E-state index contributed by atoms with van der Waals surface area (Å²) < 4.78 is 5.56. The van der Waals surface area contributed by atoms with Gasteiger partial charge in [0.25, 0.3) is 5.69 Å². The molecule has 3 rings (SSSR count). The van der Waals surface area contributed by atoms with E-state index in [0.717, 1.165) is 50.7 Å². The van der Waals surface area contributed by atoms with Gasteiger partial charge in [0.1, 0.15) is 0 Å². The van der Waals surface area contributed by atoms with Crippen LogP contribution in [0.1, 0.15) is 18.4 Å². The van der Waals surface area contributed by atoms with Crippen molar-refractivity contribution in [3.05, 3.63) is 39.9 Å². The van der Waals surface area contributed by atoms with E-state index in [2.05, 4.69) is 15.2 Å². The molecule has 2 aliphatic heterocycles. The van der Waals surface area contributed by atoms with E-state index in [-0.39, 0.29) is 34.6 Å². The molecule has 1 atom stereocenters. The van der Waals surface area contributed by atoms with Gasteiger partial charge in [0.05, 0.1) is 11.5 Å². The summed E-state index contributed by atoms with van der Waals surface area (Å²) in [6, 6.07) is 6.60. The fourth-order valence-corrected chi connectivity index (χ4v) is 3.34. The Balaban J connectivity index is 0.00000208. The summed E-state index contributed by atoms with van der Waals surface area (Å²) in [4.78, 5) is 16.9. The molecule has 1 aromatic carbocycles. The number of likely N-dealkylation sites (tertiary alicyclic amines) is 1. The first-order valence-corrected chi connectivity index (χ1v) is 7.89. The molecule has 0 saturated carbocycles. The van der Waals surface area contributed by atoms with Crippen LogP contribution in [-0.4, -0.2) is 49.1 Å². The van der Waals surface area contributed by atoms with Crippen LogP contribution >= 0.6 is 24.0 Å². The summed E-state index contributed by atoms with van der Waals surface area (Å²) in [6.07, 6.45) is 2.27. The summed E-state index contributed by atoms with van der Waals surface area (Å²) in [6.45, 7) is 4.28. The molecule has 132 valence electrons. The van der Waals surface area contributed by atoms with E-state index in [1.165, 1.54) is 12.1 Å². The number of hydrogen-bond acceptors (Lipinski definition) is 4. The van der Waals surface area contributed by atoms with Gasteiger partial charge in [-0.05, 0) is 18.4 Å². The van der Waals surface area contributed by atoms with Gasteiger partial charge in [0.15, 0.2) is 5.96 Å². The minimum Gasteiger partial charge on any atom is -0.381 e. The fraction of sp³-hybridized carbons (Fsp3) is 0.562. The summed E-state index contributed by atoms with van der Waals surface area (Å²) in [5, 5.41) is 14.0. The third kappa shape index (κ3) is 4.15. The van der Waals surface area contributed by atoms with Gasteiger partial charge < -0.3 is 15.0 Å². The van der Waals surface area contributed by atoms with Gasteiger partial charge >= 0.3 is 0 Å². The molecule has 1 N–H and O–H groups in total. The zero-order chi connectivity index (χ0) is 16.3. The summed E-state index contributed by atoms with van der Waals surface area (Å²) in [5.74, 6) is 0.882. The van der Waals surface area contributed by atoms with Crippen molar-refractivity contribution in [3.8, 4) is 0 Å². The molecule has 2 aliphatic rings. The summed E-state index contributed by atoms with van der Waals surface area (Å²) in [5.41, 5.74) is 1.40. The number of guanidine groups is 1. The number of nitrogens with one attached hydrogen (secondary N) is 1. The maximum Gasteiger partial charge on any atom is 0.269 e. The number of nitro benzene ring substituents is 1. The van der Waals surface area contributed by atoms with Gasteiger partial charge in [-0.2, -0.15) is 0 Å². The number of nitrogens with zero attached hydrogens (tertiary/aromatic N) is 3. The molecule has 1 unspecified atom stereocenters. The van der Waals surface area contributed by atoms with Crippen LogP contribution in [-0.2, 0) is 11.3 Å². The Morgan fingerprint density at radius 3 is 2.75 bits per heavy atom. The number of rotatable bonds is 3. The monoisotopic (exact) mass is 446 g/mol. The zero-order valence-electron chi connectivity index (χ0n) is 13.7. The molecule has 0 amide bonds. The van der Waals surface area contributed by atoms with Crippen LogP contribution in [0.2, 0.25) is 0 Å². The lowest BCUT2D eigenvalue weighted by Crippen LogP contribution is -2.41. The number of ether oxygens (including phenoxy) is 1. The van der Waals surface area contributed by atoms with Crippen LogP contribution in [0.3, 0.4) is 0 Å². The number of halogens is 1. The highest BCUT2D eigenvalue weighted by Gasteiger charge is 2.42. The molecule has 2 fully saturated rings. The van der Waals surface area contributed by atoms with Gasteiger partial charge in [-0.15, -0.1) is 24.0 Å². The van der Waals surface area contributed by atoms with Crippen molar-refractivity contribution in [2.24, 2.45) is 10.4 Å². The molecule has 0 aromatic heterocycles.